The van der Waals surface area contributed by atoms with Gasteiger partial charge in [-0.15, -0.1) is 0 Å². The number of aryl methyl sites for hydroxylation is 2. The molecule has 0 saturated heterocycles. The molecule has 2 heterocycles. The van der Waals surface area contributed by atoms with Gasteiger partial charge in [0.25, 0.3) is 0 Å². The minimum absolute atomic E-state index is 0.324. The molecule has 7 heteroatoms. The summed E-state index contributed by atoms with van der Waals surface area (Å²) in [4.78, 5) is 21.1. The summed E-state index contributed by atoms with van der Waals surface area (Å²) in [5, 5.41) is 9.13. The number of para-hydroxylation sites is 1. The molecule has 2 aromatic heterocycles. The molecule has 0 amide bonds. The van der Waals surface area contributed by atoms with Crippen LogP contribution in [0.2, 0.25) is 0 Å². The van der Waals surface area contributed by atoms with Crippen molar-refractivity contribution in [3.8, 4) is 28.1 Å². The monoisotopic (exact) mass is 564 g/mol. The van der Waals surface area contributed by atoms with Crippen LogP contribution < -0.4 is 4.74 Å². The summed E-state index contributed by atoms with van der Waals surface area (Å²) in [6.45, 7) is 9.49. The van der Waals surface area contributed by atoms with E-state index in [-0.39, 0.29) is 0 Å². The highest BCUT2D eigenvalue weighted by Gasteiger charge is 2.17. The minimum Gasteiger partial charge on any atom is -0.449 e. The summed E-state index contributed by atoms with van der Waals surface area (Å²) < 4.78 is 9.63. The Morgan fingerprint density at radius 3 is 2.38 bits per heavy atom. The molecule has 0 fully saturated rings. The van der Waals surface area contributed by atoms with Gasteiger partial charge >= 0.3 is 6.16 Å². The molecule has 7 nitrogen and oxygen atoms in total. The van der Waals surface area contributed by atoms with Gasteiger partial charge in [0.15, 0.2) is 0 Å². The molecule has 0 atom stereocenters. The summed E-state index contributed by atoms with van der Waals surface area (Å²) in [6, 6.07) is 20.3. The zero-order valence-corrected chi connectivity index (χ0v) is 25.0. The van der Waals surface area contributed by atoms with Gasteiger partial charge in [0.1, 0.15) is 11.6 Å². The average Bonchev–Trinajstić information content (AvgIpc) is 3.60. The van der Waals surface area contributed by atoms with E-state index in [9.17, 15) is 4.79 Å². The second-order valence-corrected chi connectivity index (χ2v) is 11.0. The maximum Gasteiger partial charge on any atom is 0.511 e. The van der Waals surface area contributed by atoms with Gasteiger partial charge in [0.05, 0.1) is 23.1 Å². The molecule has 218 valence electrons. The fraction of sp³-hybridized carbons (Fsp3) is 0.343. The zero-order chi connectivity index (χ0) is 29.6. The van der Waals surface area contributed by atoms with Crippen LogP contribution >= 0.6 is 0 Å². The van der Waals surface area contributed by atoms with Crippen LogP contribution in [0.3, 0.4) is 0 Å². The van der Waals surface area contributed by atoms with E-state index in [4.69, 9.17) is 19.8 Å². The Morgan fingerprint density at radius 2 is 1.69 bits per heavy atom. The molecule has 5 rings (SSSR count). The predicted molar refractivity (Wildman–Crippen MR) is 168 cm³/mol. The van der Waals surface area contributed by atoms with Gasteiger partial charge in [-0.05, 0) is 61.1 Å². The van der Waals surface area contributed by atoms with Crippen LogP contribution in [0.25, 0.3) is 33.4 Å². The molecule has 3 aromatic carbocycles. The SMILES string of the molecule is CCCc1nc2c(C)cc(-c3cn(C(CCC)CCC)cn3)cc2n1Cc1ccc(-c2ccccc2OC(=O)O)cc1. The highest BCUT2D eigenvalue weighted by atomic mass is 16.7. The third kappa shape index (κ3) is 6.25. The molecule has 5 aromatic rings. The first-order valence-corrected chi connectivity index (χ1v) is 15.0. The Bertz CT molecular complexity index is 1660. The lowest BCUT2D eigenvalue weighted by molar-refractivity contribution is 0.144. The van der Waals surface area contributed by atoms with E-state index in [0.717, 1.165) is 88.9 Å². The van der Waals surface area contributed by atoms with E-state index in [1.165, 1.54) is 0 Å². The van der Waals surface area contributed by atoms with Crippen molar-refractivity contribution in [2.45, 2.75) is 78.8 Å². The van der Waals surface area contributed by atoms with Crippen LogP contribution in [0.1, 0.15) is 75.9 Å². The van der Waals surface area contributed by atoms with Crippen molar-refractivity contribution in [1.29, 1.82) is 0 Å². The van der Waals surface area contributed by atoms with Crippen molar-refractivity contribution in [2.24, 2.45) is 0 Å². The number of nitrogens with zero attached hydrogens (tertiary/aromatic N) is 4. The Balaban J connectivity index is 1.49. The van der Waals surface area contributed by atoms with E-state index in [1.807, 2.05) is 30.6 Å². The van der Waals surface area contributed by atoms with E-state index < -0.39 is 6.16 Å². The second kappa shape index (κ2) is 13.1. The number of aromatic nitrogens is 4. The Morgan fingerprint density at radius 1 is 0.952 bits per heavy atom. The first kappa shape index (κ1) is 29.1. The smallest absolute Gasteiger partial charge is 0.449 e. The first-order valence-electron chi connectivity index (χ1n) is 15.0. The molecular weight excluding hydrogens is 524 g/mol. The minimum atomic E-state index is -1.32. The van der Waals surface area contributed by atoms with Crippen LogP contribution in [0.5, 0.6) is 5.75 Å². The van der Waals surface area contributed by atoms with E-state index in [0.29, 0.717) is 18.3 Å². The number of ether oxygens (including phenoxy) is 1. The number of imidazole rings is 2. The quantitative estimate of drug-likeness (QED) is 0.121. The third-order valence-electron chi connectivity index (χ3n) is 7.85. The molecule has 0 aliphatic heterocycles. The van der Waals surface area contributed by atoms with Gasteiger partial charge in [-0.1, -0.05) is 76.1 Å². The van der Waals surface area contributed by atoms with Crippen molar-refractivity contribution >= 4 is 17.2 Å². The van der Waals surface area contributed by atoms with E-state index in [1.54, 1.807) is 12.1 Å². The average molecular weight is 565 g/mol. The van der Waals surface area contributed by atoms with Crippen molar-refractivity contribution in [3.63, 3.8) is 0 Å². The second-order valence-electron chi connectivity index (χ2n) is 11.0. The van der Waals surface area contributed by atoms with Gasteiger partial charge in [-0.3, -0.25) is 0 Å². The lowest BCUT2D eigenvalue weighted by atomic mass is 10.0. The lowest BCUT2D eigenvalue weighted by Crippen LogP contribution is -2.06. The first-order chi connectivity index (χ1) is 20.4. The van der Waals surface area contributed by atoms with E-state index >= 15 is 0 Å². The van der Waals surface area contributed by atoms with Crippen molar-refractivity contribution < 1.29 is 14.6 Å². The summed E-state index contributed by atoms with van der Waals surface area (Å²) in [7, 11) is 0. The number of benzene rings is 3. The van der Waals surface area contributed by atoms with Gasteiger partial charge in [0, 0.05) is 36.3 Å². The number of rotatable bonds is 12. The van der Waals surface area contributed by atoms with Gasteiger partial charge < -0.3 is 19.0 Å². The molecule has 0 spiro atoms. The van der Waals surface area contributed by atoms with Gasteiger partial charge in [0.2, 0.25) is 0 Å². The Labute approximate surface area is 247 Å². The predicted octanol–water partition coefficient (Wildman–Crippen LogP) is 9.07. The summed E-state index contributed by atoms with van der Waals surface area (Å²) in [5.41, 5.74) is 8.19. The normalized spacial score (nSPS) is 11.5. The zero-order valence-electron chi connectivity index (χ0n) is 25.0. The largest absolute Gasteiger partial charge is 0.511 e. The van der Waals surface area contributed by atoms with E-state index in [2.05, 4.69) is 67.3 Å². The number of carboxylic acid groups (broad SMARTS) is 1. The summed E-state index contributed by atoms with van der Waals surface area (Å²) >= 11 is 0. The molecule has 0 saturated carbocycles. The van der Waals surface area contributed by atoms with Crippen molar-refractivity contribution in [2.75, 3.05) is 0 Å². The topological polar surface area (TPSA) is 82.2 Å². The molecule has 0 unspecified atom stereocenters. The standard InChI is InChI=1S/C35H40N4O3/c1-5-10-28(11-6-2)38-22-30(36-23-38)27-19-24(4)34-31(20-27)39(33(37-34)12-7-3)21-25-15-17-26(18-16-25)29-13-8-9-14-32(29)42-35(40)41/h8-9,13-20,22-23,28H,5-7,10-12,21H2,1-4H3,(H,40,41). The molecular formula is C35H40N4O3. The number of fused-ring (bicyclic) bond motifs is 1. The number of carbonyl (C=O) groups is 1. The fourth-order valence-corrected chi connectivity index (χ4v) is 5.83. The third-order valence-corrected chi connectivity index (χ3v) is 7.85. The maximum absolute atomic E-state index is 11.2. The summed E-state index contributed by atoms with van der Waals surface area (Å²) in [5.74, 6) is 1.40. The number of hydrogen-bond acceptors (Lipinski definition) is 4. The van der Waals surface area contributed by atoms with Crippen LogP contribution in [-0.4, -0.2) is 30.4 Å². The maximum atomic E-state index is 11.2. The lowest BCUT2D eigenvalue weighted by Gasteiger charge is -2.16. The molecule has 0 aliphatic carbocycles. The highest BCUT2D eigenvalue weighted by Crippen LogP contribution is 2.32. The Kier molecular flexibility index (Phi) is 9.06. The van der Waals surface area contributed by atoms with Crippen LogP contribution in [0, 0.1) is 6.92 Å². The van der Waals surface area contributed by atoms with Crippen molar-refractivity contribution in [1.82, 2.24) is 19.1 Å². The molecule has 42 heavy (non-hydrogen) atoms. The van der Waals surface area contributed by atoms with Gasteiger partial charge in [-0.25, -0.2) is 14.8 Å². The Hall–Kier alpha value is -4.39. The fourth-order valence-electron chi connectivity index (χ4n) is 5.83. The molecule has 1 N–H and O–H groups in total. The van der Waals surface area contributed by atoms with Gasteiger partial charge in [-0.2, -0.15) is 0 Å². The number of hydrogen-bond donors (Lipinski definition) is 1. The van der Waals surface area contributed by atoms with Crippen LogP contribution in [0.4, 0.5) is 4.79 Å². The highest BCUT2D eigenvalue weighted by molar-refractivity contribution is 5.85. The molecule has 0 aliphatic rings. The van der Waals surface area contributed by atoms with Crippen LogP contribution in [-0.2, 0) is 13.0 Å². The van der Waals surface area contributed by atoms with Crippen LogP contribution in [0.15, 0.2) is 73.2 Å². The molecule has 0 bridgehead atoms. The molecule has 0 radical (unpaired) electrons. The van der Waals surface area contributed by atoms with Crippen molar-refractivity contribution in [3.05, 3.63) is 90.1 Å². The summed E-state index contributed by atoms with van der Waals surface area (Å²) in [6.07, 6.45) is 9.41.